The van der Waals surface area contributed by atoms with Crippen LogP contribution in [0.2, 0.25) is 0 Å². The maximum atomic E-state index is 13.4. The van der Waals surface area contributed by atoms with Crippen molar-refractivity contribution in [2.75, 3.05) is 6.61 Å². The molecule has 1 atom stereocenters. The van der Waals surface area contributed by atoms with Crippen LogP contribution < -0.4 is 14.8 Å². The smallest absolute Gasteiger partial charge is 0.341 e. The maximum Gasteiger partial charge on any atom is 0.341 e. The number of hydrogen-bond acceptors (Lipinski definition) is 4. The Morgan fingerprint density at radius 3 is 2.29 bits per heavy atom. The van der Waals surface area contributed by atoms with E-state index in [0.717, 1.165) is 28.9 Å². The van der Waals surface area contributed by atoms with Gasteiger partial charge in [-0.25, -0.2) is 4.79 Å². The Morgan fingerprint density at radius 1 is 0.912 bits per heavy atom. The first kappa shape index (κ1) is 24.8. The zero-order chi connectivity index (χ0) is 24.5. The lowest BCUT2D eigenvalue weighted by Crippen LogP contribution is -2.30. The summed E-state index contributed by atoms with van der Waals surface area (Å²) in [5.41, 5.74) is 3.07. The van der Waals surface area contributed by atoms with Gasteiger partial charge in [-0.05, 0) is 54.2 Å². The van der Waals surface area contributed by atoms with E-state index >= 15 is 0 Å². The molecule has 1 unspecified atom stereocenters. The zero-order valence-corrected chi connectivity index (χ0v) is 19.8. The molecule has 3 aromatic rings. The average Bonchev–Trinajstić information content (AvgIpc) is 2.82. The van der Waals surface area contributed by atoms with E-state index in [0.29, 0.717) is 5.92 Å². The number of nitrogens with one attached hydrogen (secondary N) is 1. The van der Waals surface area contributed by atoms with Crippen molar-refractivity contribution in [1.29, 1.82) is 0 Å². The van der Waals surface area contributed by atoms with Gasteiger partial charge >= 0.3 is 5.97 Å². The van der Waals surface area contributed by atoms with Crippen LogP contribution in [-0.2, 0) is 11.4 Å². The van der Waals surface area contributed by atoms with Crippen LogP contribution in [0.4, 0.5) is 0 Å². The molecule has 178 valence electrons. The van der Waals surface area contributed by atoms with Gasteiger partial charge in [0, 0.05) is 0 Å². The summed E-state index contributed by atoms with van der Waals surface area (Å²) in [5, 5.41) is 12.2. The van der Waals surface area contributed by atoms with Gasteiger partial charge in [0.05, 0.1) is 11.6 Å². The minimum Gasteiger partial charge on any atom is -0.489 e. The molecule has 0 aliphatic carbocycles. The third-order valence-electron chi connectivity index (χ3n) is 5.34. The van der Waals surface area contributed by atoms with Crippen molar-refractivity contribution in [2.24, 2.45) is 5.92 Å². The van der Waals surface area contributed by atoms with Gasteiger partial charge in [0.1, 0.15) is 18.1 Å². The van der Waals surface area contributed by atoms with E-state index in [2.05, 4.69) is 19.2 Å². The molecule has 2 N–H and O–H groups in total. The topological polar surface area (TPSA) is 84.9 Å². The molecule has 0 saturated heterocycles. The van der Waals surface area contributed by atoms with Gasteiger partial charge in [-0.2, -0.15) is 0 Å². The van der Waals surface area contributed by atoms with Crippen LogP contribution in [0.3, 0.4) is 0 Å². The van der Waals surface area contributed by atoms with Crippen molar-refractivity contribution in [1.82, 2.24) is 5.32 Å². The first-order valence-corrected chi connectivity index (χ1v) is 11.3. The Bertz CT molecular complexity index is 1110. The summed E-state index contributed by atoms with van der Waals surface area (Å²) in [6.45, 7) is 5.90. The molecule has 0 bridgehead atoms. The van der Waals surface area contributed by atoms with Crippen LogP contribution in [0.25, 0.3) is 0 Å². The Labute approximate surface area is 200 Å². The first-order chi connectivity index (χ1) is 16.3. The summed E-state index contributed by atoms with van der Waals surface area (Å²) in [4.78, 5) is 24.4. The largest absolute Gasteiger partial charge is 0.489 e. The highest BCUT2D eigenvalue weighted by Gasteiger charge is 2.21. The van der Waals surface area contributed by atoms with Gasteiger partial charge in [0.2, 0.25) is 0 Å². The highest BCUT2D eigenvalue weighted by molar-refractivity contribution is 5.97. The second-order valence-corrected chi connectivity index (χ2v) is 8.63. The monoisotopic (exact) mass is 461 g/mol. The summed E-state index contributed by atoms with van der Waals surface area (Å²) in [6, 6.07) is 22.4. The van der Waals surface area contributed by atoms with Crippen molar-refractivity contribution >= 4 is 11.9 Å². The van der Waals surface area contributed by atoms with E-state index in [-0.39, 0.29) is 29.9 Å². The molecule has 3 rings (SSSR count). The fraction of sp³-hybridized carbons (Fsp3) is 0.286. The van der Waals surface area contributed by atoms with Gasteiger partial charge in [0.25, 0.3) is 5.91 Å². The van der Waals surface area contributed by atoms with Crippen molar-refractivity contribution in [3.05, 3.63) is 95.1 Å². The molecule has 0 aromatic heterocycles. The number of aryl methyl sites for hydroxylation is 1. The Morgan fingerprint density at radius 2 is 1.62 bits per heavy atom. The molecular weight excluding hydrogens is 430 g/mol. The maximum absolute atomic E-state index is 13.4. The lowest BCUT2D eigenvalue weighted by atomic mass is 9.96. The molecule has 0 saturated carbocycles. The highest BCUT2D eigenvalue weighted by Crippen LogP contribution is 2.26. The van der Waals surface area contributed by atoms with E-state index in [4.69, 9.17) is 14.6 Å². The zero-order valence-electron chi connectivity index (χ0n) is 19.8. The summed E-state index contributed by atoms with van der Waals surface area (Å²) < 4.78 is 11.4. The van der Waals surface area contributed by atoms with Crippen molar-refractivity contribution in [3.8, 4) is 11.5 Å². The van der Waals surface area contributed by atoms with Crippen molar-refractivity contribution < 1.29 is 24.2 Å². The average molecular weight is 462 g/mol. The Hall–Kier alpha value is -3.80. The molecule has 6 nitrogen and oxygen atoms in total. The van der Waals surface area contributed by atoms with Crippen LogP contribution in [0.5, 0.6) is 11.5 Å². The Kier molecular flexibility index (Phi) is 8.68. The van der Waals surface area contributed by atoms with Crippen LogP contribution in [0, 0.1) is 12.8 Å². The number of carboxylic acids is 1. The molecule has 1 amide bonds. The Balaban J connectivity index is 1.85. The van der Waals surface area contributed by atoms with Gasteiger partial charge in [-0.15, -0.1) is 0 Å². The predicted molar refractivity (Wildman–Crippen MR) is 131 cm³/mol. The molecule has 34 heavy (non-hydrogen) atoms. The number of amides is 1. The quantitative estimate of drug-likeness (QED) is 0.391. The van der Waals surface area contributed by atoms with Gasteiger partial charge in [0.15, 0.2) is 6.61 Å². The number of benzene rings is 3. The molecule has 0 aliphatic rings. The molecule has 0 heterocycles. The first-order valence-electron chi connectivity index (χ1n) is 11.3. The number of carboxylic acid groups (broad SMARTS) is 1. The fourth-order valence-electron chi connectivity index (χ4n) is 3.66. The van der Waals surface area contributed by atoms with E-state index in [1.807, 2.05) is 61.5 Å². The summed E-state index contributed by atoms with van der Waals surface area (Å²) in [6.07, 6.45) is 0.761. The SMILES string of the molecule is Cc1ccccc1OCc1ccc(OCC(=O)O)c(C(=O)NC(CC(C)C)c2ccccc2)c1. The predicted octanol–water partition coefficient (Wildman–Crippen LogP) is 5.55. The third kappa shape index (κ3) is 7.10. The molecule has 0 fully saturated rings. The summed E-state index contributed by atoms with van der Waals surface area (Å²) >= 11 is 0. The van der Waals surface area contributed by atoms with Crippen molar-refractivity contribution in [3.63, 3.8) is 0 Å². The van der Waals surface area contributed by atoms with E-state index in [1.54, 1.807) is 18.2 Å². The number of rotatable bonds is 11. The normalized spacial score (nSPS) is 11.6. The van der Waals surface area contributed by atoms with Crippen LogP contribution in [0.1, 0.15) is 53.4 Å². The van der Waals surface area contributed by atoms with Gasteiger partial charge in [-0.1, -0.05) is 68.4 Å². The number of aliphatic carboxylic acids is 1. The van der Waals surface area contributed by atoms with Gasteiger partial charge in [-0.3, -0.25) is 4.79 Å². The summed E-state index contributed by atoms with van der Waals surface area (Å²) in [7, 11) is 0. The minimum absolute atomic E-state index is 0.187. The molecule has 6 heteroatoms. The van der Waals surface area contributed by atoms with Gasteiger partial charge < -0.3 is 19.9 Å². The number of para-hydroxylation sites is 1. The standard InChI is InChI=1S/C28H31NO5/c1-19(2)15-24(22-10-5-4-6-11-22)29-28(32)23-16-21(13-14-26(23)34-18-27(30)31)17-33-25-12-8-7-9-20(25)3/h4-14,16,19,24H,15,17-18H2,1-3H3,(H,29,32)(H,30,31). The molecule has 0 radical (unpaired) electrons. The number of ether oxygens (including phenoxy) is 2. The van der Waals surface area contributed by atoms with E-state index in [1.165, 1.54) is 0 Å². The van der Waals surface area contributed by atoms with Crippen LogP contribution in [0.15, 0.2) is 72.8 Å². The number of carbonyl (C=O) groups is 2. The molecular formula is C28H31NO5. The number of hydrogen-bond donors (Lipinski definition) is 2. The van der Waals surface area contributed by atoms with Crippen LogP contribution >= 0.6 is 0 Å². The molecule has 0 spiro atoms. The summed E-state index contributed by atoms with van der Waals surface area (Å²) in [5.74, 6) is -0.0910. The lowest BCUT2D eigenvalue weighted by Gasteiger charge is -2.22. The van der Waals surface area contributed by atoms with Crippen LogP contribution in [-0.4, -0.2) is 23.6 Å². The molecule has 0 aliphatic heterocycles. The highest BCUT2D eigenvalue weighted by atomic mass is 16.5. The van der Waals surface area contributed by atoms with E-state index in [9.17, 15) is 9.59 Å². The van der Waals surface area contributed by atoms with Crippen molar-refractivity contribution in [2.45, 2.75) is 39.8 Å². The lowest BCUT2D eigenvalue weighted by molar-refractivity contribution is -0.139. The number of carbonyl (C=O) groups excluding carboxylic acids is 1. The third-order valence-corrected chi connectivity index (χ3v) is 5.34. The minimum atomic E-state index is -1.11. The molecule has 3 aromatic carbocycles. The van der Waals surface area contributed by atoms with E-state index < -0.39 is 12.6 Å². The second kappa shape index (κ2) is 11.9. The second-order valence-electron chi connectivity index (χ2n) is 8.63. The fourth-order valence-corrected chi connectivity index (χ4v) is 3.66.